The Bertz CT molecular complexity index is 593. The number of sulfonamides is 1. The largest absolute Gasteiger partial charge is 0.355 e. The molecule has 0 radical (unpaired) electrons. The van der Waals surface area contributed by atoms with Crippen LogP contribution in [0.15, 0.2) is 17.3 Å². The van der Waals surface area contributed by atoms with E-state index in [9.17, 15) is 13.2 Å². The fourth-order valence-electron chi connectivity index (χ4n) is 2.43. The zero-order valence-corrected chi connectivity index (χ0v) is 13.5. The van der Waals surface area contributed by atoms with Gasteiger partial charge in [-0.25, -0.2) is 13.1 Å². The lowest BCUT2D eigenvalue weighted by molar-refractivity contribution is -0.120. The number of piperidine rings is 1. The number of aromatic nitrogens is 2. The zero-order chi connectivity index (χ0) is 16.0. The van der Waals surface area contributed by atoms with Crippen LogP contribution in [0.25, 0.3) is 0 Å². The van der Waals surface area contributed by atoms with Gasteiger partial charge >= 0.3 is 0 Å². The van der Waals surface area contributed by atoms with Crippen LogP contribution in [-0.2, 0) is 21.9 Å². The molecule has 3 N–H and O–H groups in total. The molecule has 0 bridgehead atoms. The normalized spacial score (nSPS) is 19.0. The Hall–Kier alpha value is -1.45. The molecular formula is C13H23N5O3S. The van der Waals surface area contributed by atoms with Gasteiger partial charge in [0.05, 0.1) is 12.7 Å². The van der Waals surface area contributed by atoms with E-state index in [4.69, 9.17) is 0 Å². The van der Waals surface area contributed by atoms with Crippen LogP contribution in [0.4, 0.5) is 0 Å². The van der Waals surface area contributed by atoms with Crippen LogP contribution < -0.4 is 15.4 Å². The highest BCUT2D eigenvalue weighted by Crippen LogP contribution is 2.12. The van der Waals surface area contributed by atoms with E-state index >= 15 is 0 Å². The van der Waals surface area contributed by atoms with E-state index in [1.807, 2.05) is 0 Å². The minimum Gasteiger partial charge on any atom is -0.355 e. The van der Waals surface area contributed by atoms with E-state index in [0.29, 0.717) is 12.5 Å². The van der Waals surface area contributed by atoms with Gasteiger partial charge in [0.15, 0.2) is 0 Å². The van der Waals surface area contributed by atoms with E-state index < -0.39 is 10.0 Å². The van der Waals surface area contributed by atoms with E-state index in [1.165, 1.54) is 29.9 Å². The second-order valence-corrected chi connectivity index (χ2v) is 7.29. The number of carbonyl (C=O) groups excluding carboxylic acids is 1. The summed E-state index contributed by atoms with van der Waals surface area (Å²) in [7, 11) is -2.05. The highest BCUT2D eigenvalue weighted by atomic mass is 32.2. The lowest BCUT2D eigenvalue weighted by atomic mass is 9.96. The summed E-state index contributed by atoms with van der Waals surface area (Å²) in [5.41, 5.74) is 0. The van der Waals surface area contributed by atoms with Crippen molar-refractivity contribution in [3.8, 4) is 0 Å². The van der Waals surface area contributed by atoms with Crippen molar-refractivity contribution in [3.05, 3.63) is 12.4 Å². The van der Waals surface area contributed by atoms with Gasteiger partial charge in [-0.1, -0.05) is 0 Å². The van der Waals surface area contributed by atoms with E-state index in [2.05, 4.69) is 20.5 Å². The van der Waals surface area contributed by atoms with Crippen LogP contribution in [0.1, 0.15) is 19.3 Å². The molecule has 1 atom stereocenters. The van der Waals surface area contributed by atoms with Crippen molar-refractivity contribution in [1.82, 2.24) is 25.1 Å². The summed E-state index contributed by atoms with van der Waals surface area (Å²) in [6.07, 6.45) is 5.89. The topological polar surface area (TPSA) is 105 Å². The number of hydrogen-bond donors (Lipinski definition) is 3. The minimum atomic E-state index is -3.68. The van der Waals surface area contributed by atoms with Crippen molar-refractivity contribution in [1.29, 1.82) is 0 Å². The van der Waals surface area contributed by atoms with Gasteiger partial charge in [-0.05, 0) is 38.3 Å². The molecule has 2 rings (SSSR count). The summed E-state index contributed by atoms with van der Waals surface area (Å²) in [5.74, 6) is 0.261. The number of nitrogens with one attached hydrogen (secondary N) is 3. The third-order valence-electron chi connectivity index (χ3n) is 3.69. The first-order valence-corrected chi connectivity index (χ1v) is 8.91. The van der Waals surface area contributed by atoms with Crippen molar-refractivity contribution in [2.24, 2.45) is 13.0 Å². The van der Waals surface area contributed by atoms with Crippen LogP contribution in [0.2, 0.25) is 0 Å². The molecule has 1 aromatic heterocycles. The summed E-state index contributed by atoms with van der Waals surface area (Å²) in [5, 5.41) is 9.87. The Morgan fingerprint density at radius 3 is 3.00 bits per heavy atom. The number of amides is 1. The maximum absolute atomic E-state index is 11.9. The van der Waals surface area contributed by atoms with Crippen LogP contribution >= 0.6 is 0 Å². The Balaban J connectivity index is 1.68. The molecule has 8 nitrogen and oxygen atoms in total. The van der Waals surface area contributed by atoms with Crippen molar-refractivity contribution in [3.63, 3.8) is 0 Å². The lowest BCUT2D eigenvalue weighted by Crippen LogP contribution is -2.38. The van der Waals surface area contributed by atoms with Gasteiger partial charge in [-0.15, -0.1) is 0 Å². The van der Waals surface area contributed by atoms with Gasteiger partial charge in [0.1, 0.15) is 4.90 Å². The number of nitrogens with zero attached hydrogens (tertiary/aromatic N) is 2. The fourth-order valence-corrected chi connectivity index (χ4v) is 3.40. The first kappa shape index (κ1) is 16.9. The van der Waals surface area contributed by atoms with E-state index in [1.54, 1.807) is 7.05 Å². The van der Waals surface area contributed by atoms with Gasteiger partial charge in [0.2, 0.25) is 15.9 Å². The molecule has 0 saturated carbocycles. The summed E-state index contributed by atoms with van der Waals surface area (Å²) >= 11 is 0. The number of hydrogen-bond acceptors (Lipinski definition) is 5. The van der Waals surface area contributed by atoms with Gasteiger partial charge in [-0.2, -0.15) is 5.10 Å². The number of rotatable bonds is 7. The third kappa shape index (κ3) is 5.08. The Morgan fingerprint density at radius 1 is 1.55 bits per heavy atom. The first-order valence-electron chi connectivity index (χ1n) is 7.43. The monoisotopic (exact) mass is 329 g/mol. The summed E-state index contributed by atoms with van der Waals surface area (Å²) in [4.78, 5) is 11.7. The SMILES string of the molecule is Cn1cc(S(=O)(=O)NCC(=O)NCCC2CCCNC2)cn1. The van der Waals surface area contributed by atoms with Gasteiger partial charge in [-0.3, -0.25) is 9.48 Å². The quantitative estimate of drug-likeness (QED) is 0.608. The highest BCUT2D eigenvalue weighted by Gasteiger charge is 2.17. The summed E-state index contributed by atoms with van der Waals surface area (Å²) < 4.78 is 27.5. The Morgan fingerprint density at radius 2 is 2.36 bits per heavy atom. The molecule has 1 aromatic rings. The molecule has 1 saturated heterocycles. The summed E-state index contributed by atoms with van der Waals surface area (Å²) in [6, 6.07) is 0. The minimum absolute atomic E-state index is 0.0519. The molecule has 1 amide bonds. The molecular weight excluding hydrogens is 306 g/mol. The third-order valence-corrected chi connectivity index (χ3v) is 5.04. The van der Waals surface area contributed by atoms with Gasteiger partial charge in [0, 0.05) is 19.8 Å². The number of aryl methyl sites for hydroxylation is 1. The second kappa shape index (κ2) is 7.70. The zero-order valence-electron chi connectivity index (χ0n) is 12.7. The maximum Gasteiger partial charge on any atom is 0.244 e. The Kier molecular flexibility index (Phi) is 5.92. The predicted molar refractivity (Wildman–Crippen MR) is 81.6 cm³/mol. The van der Waals surface area contributed by atoms with Crippen LogP contribution in [0.3, 0.4) is 0 Å². The van der Waals surface area contributed by atoms with Gasteiger partial charge in [0.25, 0.3) is 0 Å². The standard InChI is InChI=1S/C13H23N5O3S/c1-18-10-12(8-16-18)22(20,21)17-9-13(19)15-6-4-11-3-2-5-14-7-11/h8,10-11,14,17H,2-7,9H2,1H3,(H,15,19). The lowest BCUT2D eigenvalue weighted by Gasteiger charge is -2.22. The molecule has 9 heteroatoms. The van der Waals surface area contributed by atoms with Crippen molar-refractivity contribution in [2.75, 3.05) is 26.2 Å². The van der Waals surface area contributed by atoms with Crippen LogP contribution in [-0.4, -0.2) is 50.3 Å². The smallest absolute Gasteiger partial charge is 0.244 e. The molecule has 22 heavy (non-hydrogen) atoms. The van der Waals surface area contributed by atoms with Crippen molar-refractivity contribution < 1.29 is 13.2 Å². The highest BCUT2D eigenvalue weighted by molar-refractivity contribution is 7.89. The molecule has 0 spiro atoms. The van der Waals surface area contributed by atoms with Gasteiger partial charge < -0.3 is 10.6 Å². The van der Waals surface area contributed by atoms with Crippen LogP contribution in [0.5, 0.6) is 0 Å². The Labute approximate surface area is 130 Å². The van der Waals surface area contributed by atoms with Crippen molar-refractivity contribution >= 4 is 15.9 Å². The molecule has 0 aromatic carbocycles. The molecule has 124 valence electrons. The predicted octanol–water partition coefficient (Wildman–Crippen LogP) is -0.796. The molecule has 1 fully saturated rings. The average molecular weight is 329 g/mol. The average Bonchev–Trinajstić information content (AvgIpc) is 2.94. The molecule has 1 unspecified atom stereocenters. The first-order chi connectivity index (χ1) is 10.5. The number of carbonyl (C=O) groups is 1. The van der Waals surface area contributed by atoms with E-state index in [0.717, 1.165) is 19.5 Å². The molecule has 1 aliphatic heterocycles. The second-order valence-electron chi connectivity index (χ2n) is 5.53. The van der Waals surface area contributed by atoms with Crippen molar-refractivity contribution in [2.45, 2.75) is 24.2 Å². The molecule has 1 aliphatic rings. The molecule has 0 aliphatic carbocycles. The fraction of sp³-hybridized carbons (Fsp3) is 0.692. The maximum atomic E-state index is 11.9. The molecule has 2 heterocycles. The van der Waals surface area contributed by atoms with Crippen LogP contribution in [0, 0.1) is 5.92 Å². The van der Waals surface area contributed by atoms with E-state index in [-0.39, 0.29) is 17.3 Å². The summed E-state index contributed by atoms with van der Waals surface area (Å²) in [6.45, 7) is 2.36.